The Hall–Kier alpha value is -1.40. The van der Waals surface area contributed by atoms with E-state index in [9.17, 15) is 4.79 Å². The average molecular weight is 339 g/mol. The van der Waals surface area contributed by atoms with Crippen molar-refractivity contribution < 1.29 is 9.90 Å². The molecule has 0 aliphatic rings. The third kappa shape index (κ3) is 3.78. The second kappa shape index (κ2) is 6.16. The monoisotopic (exact) mass is 338 g/mol. The lowest BCUT2D eigenvalue weighted by Crippen LogP contribution is -2.05. The van der Waals surface area contributed by atoms with Crippen molar-refractivity contribution in [2.45, 2.75) is 17.6 Å². The van der Waals surface area contributed by atoms with Crippen LogP contribution >= 0.6 is 27.7 Å². The fraction of sp³-hybridized carbons (Fsp3) is 0.154. The molecule has 0 bridgehead atoms. The molecular weight excluding hydrogens is 328 g/mol. The van der Waals surface area contributed by atoms with Gasteiger partial charge in [-0.15, -0.1) is 11.8 Å². The summed E-state index contributed by atoms with van der Waals surface area (Å²) in [6, 6.07) is 9.31. The number of aryl methyl sites for hydroxylation is 1. The molecule has 0 saturated heterocycles. The van der Waals surface area contributed by atoms with E-state index in [1.165, 1.54) is 6.07 Å². The minimum atomic E-state index is -1.03. The van der Waals surface area contributed by atoms with Crippen molar-refractivity contribution in [1.82, 2.24) is 9.97 Å². The number of halogens is 1. The lowest BCUT2D eigenvalue weighted by Gasteiger charge is -2.05. The minimum absolute atomic E-state index is 0.0372. The van der Waals surface area contributed by atoms with E-state index >= 15 is 0 Å². The van der Waals surface area contributed by atoms with E-state index in [-0.39, 0.29) is 5.69 Å². The smallest absolute Gasteiger partial charge is 0.354 e. The maximum atomic E-state index is 10.9. The lowest BCUT2D eigenvalue weighted by molar-refractivity contribution is 0.0689. The van der Waals surface area contributed by atoms with Crippen LogP contribution in [0.25, 0.3) is 0 Å². The summed E-state index contributed by atoms with van der Waals surface area (Å²) < 4.78 is 1.01. The first-order valence-corrected chi connectivity index (χ1v) is 7.29. The molecule has 0 radical (unpaired) electrons. The molecule has 19 heavy (non-hydrogen) atoms. The Balaban J connectivity index is 2.16. The Morgan fingerprint density at radius 1 is 1.37 bits per heavy atom. The zero-order valence-electron chi connectivity index (χ0n) is 10.1. The Bertz CT molecular complexity index is 619. The Morgan fingerprint density at radius 2 is 2.11 bits per heavy atom. The number of aromatic nitrogens is 2. The van der Waals surface area contributed by atoms with Gasteiger partial charge in [-0.05, 0) is 41.1 Å². The van der Waals surface area contributed by atoms with Crippen LogP contribution < -0.4 is 0 Å². The number of rotatable bonds is 4. The molecule has 0 spiro atoms. The van der Waals surface area contributed by atoms with Crippen molar-refractivity contribution in [3.8, 4) is 0 Å². The van der Waals surface area contributed by atoms with Crippen LogP contribution in [0.1, 0.15) is 22.0 Å². The average Bonchev–Trinajstić information content (AvgIpc) is 2.37. The van der Waals surface area contributed by atoms with Gasteiger partial charge in [0.25, 0.3) is 0 Å². The van der Waals surface area contributed by atoms with Gasteiger partial charge in [0.1, 0.15) is 5.82 Å². The number of carbonyl (C=O) groups is 1. The molecule has 4 nitrogen and oxygen atoms in total. The highest BCUT2D eigenvalue weighted by Crippen LogP contribution is 2.28. The summed E-state index contributed by atoms with van der Waals surface area (Å²) in [6.07, 6.45) is 0. The summed E-state index contributed by atoms with van der Waals surface area (Å²) in [5, 5.41) is 8.96. The second-order valence-corrected chi connectivity index (χ2v) is 5.71. The molecule has 1 aromatic heterocycles. The first-order valence-electron chi connectivity index (χ1n) is 5.51. The number of benzene rings is 1. The Kier molecular flexibility index (Phi) is 4.55. The van der Waals surface area contributed by atoms with Crippen LogP contribution in [0.4, 0.5) is 0 Å². The van der Waals surface area contributed by atoms with Crippen LogP contribution in [0.5, 0.6) is 0 Å². The highest BCUT2D eigenvalue weighted by molar-refractivity contribution is 9.10. The van der Waals surface area contributed by atoms with Crippen LogP contribution in [0.15, 0.2) is 39.7 Å². The van der Waals surface area contributed by atoms with Crippen molar-refractivity contribution in [3.05, 3.63) is 52.0 Å². The molecule has 0 saturated carbocycles. The van der Waals surface area contributed by atoms with Crippen molar-refractivity contribution in [1.29, 1.82) is 0 Å². The maximum absolute atomic E-state index is 10.9. The van der Waals surface area contributed by atoms with Gasteiger partial charge in [0, 0.05) is 15.1 Å². The molecule has 2 rings (SSSR count). The standard InChI is InChI=1S/C13H11BrN2O2S/c1-8-6-10(13(17)18)16-12(15-8)7-19-11-5-3-2-4-9(11)14/h2-6H,7H2,1H3,(H,17,18). The Morgan fingerprint density at radius 3 is 2.79 bits per heavy atom. The minimum Gasteiger partial charge on any atom is -0.477 e. The van der Waals surface area contributed by atoms with Crippen molar-refractivity contribution in [2.24, 2.45) is 0 Å². The molecular formula is C13H11BrN2O2S. The molecule has 6 heteroatoms. The molecule has 0 atom stereocenters. The molecule has 0 unspecified atom stereocenters. The number of carboxylic acid groups (broad SMARTS) is 1. The topological polar surface area (TPSA) is 63.1 Å². The van der Waals surface area contributed by atoms with E-state index in [4.69, 9.17) is 5.11 Å². The van der Waals surface area contributed by atoms with E-state index in [0.717, 1.165) is 9.37 Å². The number of carboxylic acids is 1. The molecule has 0 amide bonds. The lowest BCUT2D eigenvalue weighted by atomic mass is 10.3. The van der Waals surface area contributed by atoms with Gasteiger partial charge in [0.15, 0.2) is 5.69 Å². The molecule has 1 heterocycles. The fourth-order valence-electron chi connectivity index (χ4n) is 1.51. The molecule has 1 N–H and O–H groups in total. The third-order valence-corrected chi connectivity index (χ3v) is 4.34. The molecule has 0 aliphatic carbocycles. The van der Waals surface area contributed by atoms with Crippen LogP contribution in [0.3, 0.4) is 0 Å². The normalized spacial score (nSPS) is 10.4. The zero-order valence-corrected chi connectivity index (χ0v) is 12.5. The van der Waals surface area contributed by atoms with Gasteiger partial charge in [-0.1, -0.05) is 12.1 Å². The van der Waals surface area contributed by atoms with Gasteiger partial charge in [-0.2, -0.15) is 0 Å². The summed E-state index contributed by atoms with van der Waals surface area (Å²) in [7, 11) is 0. The van der Waals surface area contributed by atoms with Crippen molar-refractivity contribution >= 4 is 33.7 Å². The third-order valence-electron chi connectivity index (χ3n) is 2.31. The highest BCUT2D eigenvalue weighted by atomic mass is 79.9. The summed E-state index contributed by atoms with van der Waals surface area (Å²) in [5.41, 5.74) is 0.699. The predicted molar refractivity (Wildman–Crippen MR) is 77.4 cm³/mol. The first kappa shape index (κ1) is 14.0. The second-order valence-electron chi connectivity index (χ2n) is 3.84. The van der Waals surface area contributed by atoms with Gasteiger partial charge in [-0.25, -0.2) is 14.8 Å². The molecule has 0 fully saturated rings. The summed E-state index contributed by atoms with van der Waals surface area (Å²) in [5.74, 6) is 0.0284. The van der Waals surface area contributed by atoms with Crippen LogP contribution in [0, 0.1) is 6.92 Å². The number of aromatic carboxylic acids is 1. The van der Waals surface area contributed by atoms with Crippen molar-refractivity contribution in [3.63, 3.8) is 0 Å². The van der Waals surface area contributed by atoms with E-state index < -0.39 is 5.97 Å². The summed E-state index contributed by atoms with van der Waals surface area (Å²) >= 11 is 5.03. The van der Waals surface area contributed by atoms with E-state index in [2.05, 4.69) is 25.9 Å². The molecule has 0 aliphatic heterocycles. The molecule has 2 aromatic rings. The van der Waals surface area contributed by atoms with Crippen LogP contribution in [0.2, 0.25) is 0 Å². The Labute approximate surface area is 123 Å². The number of thioether (sulfide) groups is 1. The number of nitrogens with zero attached hydrogens (tertiary/aromatic N) is 2. The van der Waals surface area contributed by atoms with Gasteiger partial charge in [0.2, 0.25) is 0 Å². The van der Waals surface area contributed by atoms with Crippen molar-refractivity contribution in [2.75, 3.05) is 0 Å². The van der Waals surface area contributed by atoms with E-state index in [0.29, 0.717) is 17.3 Å². The number of hydrogen-bond acceptors (Lipinski definition) is 4. The van der Waals surface area contributed by atoms with Crippen LogP contribution in [-0.2, 0) is 5.75 Å². The fourth-order valence-corrected chi connectivity index (χ4v) is 2.93. The van der Waals surface area contributed by atoms with Gasteiger partial charge in [0.05, 0.1) is 5.75 Å². The van der Waals surface area contributed by atoms with Gasteiger partial charge in [-0.3, -0.25) is 0 Å². The quantitative estimate of drug-likeness (QED) is 0.864. The highest BCUT2D eigenvalue weighted by Gasteiger charge is 2.09. The summed E-state index contributed by atoms with van der Waals surface area (Å²) in [6.45, 7) is 1.76. The molecule has 1 aromatic carbocycles. The zero-order chi connectivity index (χ0) is 13.8. The van der Waals surface area contributed by atoms with Gasteiger partial charge >= 0.3 is 5.97 Å². The summed E-state index contributed by atoms with van der Waals surface area (Å²) in [4.78, 5) is 20.3. The number of hydrogen-bond donors (Lipinski definition) is 1. The van der Waals surface area contributed by atoms with Crippen LogP contribution in [-0.4, -0.2) is 21.0 Å². The maximum Gasteiger partial charge on any atom is 0.354 e. The molecule has 98 valence electrons. The predicted octanol–water partition coefficient (Wildman–Crippen LogP) is 3.54. The van der Waals surface area contributed by atoms with Gasteiger partial charge < -0.3 is 5.11 Å². The SMILES string of the molecule is Cc1cc(C(=O)O)nc(CSc2ccccc2Br)n1. The largest absolute Gasteiger partial charge is 0.477 e. The van der Waals surface area contributed by atoms with E-state index in [1.807, 2.05) is 24.3 Å². The van der Waals surface area contributed by atoms with E-state index in [1.54, 1.807) is 18.7 Å². The first-order chi connectivity index (χ1) is 9.06.